The van der Waals surface area contributed by atoms with E-state index in [0.717, 1.165) is 14.7 Å². The smallest absolute Gasteiger partial charge is 0.341 e. The van der Waals surface area contributed by atoms with E-state index >= 15 is 0 Å². The van der Waals surface area contributed by atoms with E-state index in [1.54, 1.807) is 26.5 Å². The van der Waals surface area contributed by atoms with Crippen LogP contribution in [0.2, 0.25) is 0 Å². The second-order valence-electron chi connectivity index (χ2n) is 5.50. The van der Waals surface area contributed by atoms with Crippen molar-refractivity contribution >= 4 is 34.8 Å². The Bertz CT molecular complexity index is 857. The Labute approximate surface area is 176 Å². The Balaban J connectivity index is 2.04. The van der Waals surface area contributed by atoms with E-state index in [-0.39, 0.29) is 0 Å². The summed E-state index contributed by atoms with van der Waals surface area (Å²) in [5, 5.41) is 13.0. The average molecular weight is 500 g/mol. The minimum atomic E-state index is -1.05. The first-order valence-corrected chi connectivity index (χ1v) is 9.25. The molecule has 0 saturated heterocycles. The van der Waals surface area contributed by atoms with Crippen molar-refractivity contribution in [3.8, 4) is 23.0 Å². The van der Waals surface area contributed by atoms with Gasteiger partial charge in [0.15, 0.2) is 29.6 Å². The molecule has 0 aliphatic heterocycles. The number of carbonyl (C=O) groups is 1. The van der Waals surface area contributed by atoms with Gasteiger partial charge in [-0.3, -0.25) is 0 Å². The molecule has 0 heterocycles. The fourth-order valence-electron chi connectivity index (χ4n) is 2.34. The maximum Gasteiger partial charge on any atom is 0.341 e. The van der Waals surface area contributed by atoms with E-state index in [1.807, 2.05) is 24.3 Å². The molecule has 2 aromatic carbocycles. The van der Waals surface area contributed by atoms with Gasteiger partial charge < -0.3 is 29.5 Å². The highest BCUT2D eigenvalue weighted by molar-refractivity contribution is 14.1. The summed E-state index contributed by atoms with van der Waals surface area (Å²) in [4.78, 5) is 10.7. The van der Waals surface area contributed by atoms with E-state index in [1.165, 1.54) is 7.11 Å². The van der Waals surface area contributed by atoms with Gasteiger partial charge in [0.05, 0.1) is 37.7 Å². The van der Waals surface area contributed by atoms with Crippen LogP contribution in [0.4, 0.5) is 0 Å². The summed E-state index contributed by atoms with van der Waals surface area (Å²) in [5.74, 6) is 1.10. The quantitative estimate of drug-likeness (QED) is 0.294. The molecular weight excluding hydrogens is 479 g/mol. The number of methoxy groups -OCH3 is 3. The molecule has 0 amide bonds. The third-order valence-corrected chi connectivity index (χ3v) is 4.43. The largest absolute Gasteiger partial charge is 0.493 e. The number of halogens is 1. The fourth-order valence-corrected chi connectivity index (χ4v) is 3.12. The molecule has 0 saturated carbocycles. The van der Waals surface area contributed by atoms with Gasteiger partial charge in [0.25, 0.3) is 0 Å². The Hall–Kier alpha value is -2.69. The van der Waals surface area contributed by atoms with Crippen molar-refractivity contribution in [2.75, 3.05) is 27.9 Å². The average Bonchev–Trinajstić information content (AvgIpc) is 2.69. The lowest BCUT2D eigenvalue weighted by atomic mass is 10.2. The summed E-state index contributed by atoms with van der Waals surface area (Å²) in [7, 11) is 4.68. The Kier molecular flexibility index (Phi) is 8.18. The number of hydrogen-bond donors (Lipinski definition) is 2. The molecule has 9 heteroatoms. The molecule has 0 aromatic heterocycles. The highest BCUT2D eigenvalue weighted by atomic mass is 127. The van der Waals surface area contributed by atoms with Crippen LogP contribution in [0.5, 0.6) is 23.0 Å². The molecule has 2 N–H and O–H groups in total. The van der Waals surface area contributed by atoms with Crippen LogP contribution in [0.15, 0.2) is 35.4 Å². The van der Waals surface area contributed by atoms with Gasteiger partial charge in [0, 0.05) is 0 Å². The van der Waals surface area contributed by atoms with Crippen LogP contribution in [-0.2, 0) is 11.3 Å². The zero-order chi connectivity index (χ0) is 20.5. The van der Waals surface area contributed by atoms with Crippen molar-refractivity contribution in [2.45, 2.75) is 6.54 Å². The summed E-state index contributed by atoms with van der Waals surface area (Å²) in [6.07, 6.45) is 1.65. The van der Waals surface area contributed by atoms with Crippen LogP contribution in [0.25, 0.3) is 0 Å². The molecule has 8 nitrogen and oxygen atoms in total. The third-order valence-electron chi connectivity index (χ3n) is 3.63. The maximum atomic E-state index is 10.7. The number of ether oxygens (including phenoxy) is 4. The van der Waals surface area contributed by atoms with E-state index in [2.05, 4.69) is 33.1 Å². The summed E-state index contributed by atoms with van der Waals surface area (Å²) in [6, 6.07) is 9.18. The molecule has 150 valence electrons. The van der Waals surface area contributed by atoms with Crippen molar-refractivity contribution in [1.82, 2.24) is 5.43 Å². The van der Waals surface area contributed by atoms with Crippen molar-refractivity contribution in [1.29, 1.82) is 0 Å². The third kappa shape index (κ3) is 5.91. The van der Waals surface area contributed by atoms with Gasteiger partial charge >= 0.3 is 5.97 Å². The lowest BCUT2D eigenvalue weighted by Crippen LogP contribution is -2.11. The van der Waals surface area contributed by atoms with Crippen molar-refractivity contribution in [2.24, 2.45) is 5.10 Å². The van der Waals surface area contributed by atoms with Crippen molar-refractivity contribution in [3.05, 3.63) is 45.0 Å². The standard InChI is InChI=1S/C19H21IN2O6/c1-25-15-5-4-12(7-16(15)26-2)9-21-22-10-13-6-14(20)19(17(8-13)27-3)28-11-18(23)24/h4-8,10,21H,9,11H2,1-3H3,(H,23,24)/b22-10-. The van der Waals surface area contributed by atoms with E-state index in [0.29, 0.717) is 29.5 Å². The number of benzene rings is 2. The number of aliphatic carboxylic acids is 1. The summed E-state index contributed by atoms with van der Waals surface area (Å²) >= 11 is 2.06. The maximum absolute atomic E-state index is 10.7. The first kappa shape index (κ1) is 21.6. The van der Waals surface area contributed by atoms with Gasteiger partial charge in [0.1, 0.15) is 0 Å². The van der Waals surface area contributed by atoms with Gasteiger partial charge in [-0.05, 0) is 58.0 Å². The summed E-state index contributed by atoms with van der Waals surface area (Å²) < 4.78 is 21.8. The number of hydrogen-bond acceptors (Lipinski definition) is 7. The molecule has 0 spiro atoms. The van der Waals surface area contributed by atoms with Crippen LogP contribution in [0.1, 0.15) is 11.1 Å². The minimum Gasteiger partial charge on any atom is -0.493 e. The van der Waals surface area contributed by atoms with Crippen LogP contribution in [0.3, 0.4) is 0 Å². The lowest BCUT2D eigenvalue weighted by molar-refractivity contribution is -0.139. The van der Waals surface area contributed by atoms with Gasteiger partial charge in [-0.25, -0.2) is 4.79 Å². The zero-order valence-corrected chi connectivity index (χ0v) is 17.8. The second-order valence-corrected chi connectivity index (χ2v) is 6.66. The molecule has 0 aliphatic rings. The van der Waals surface area contributed by atoms with E-state index < -0.39 is 12.6 Å². The first-order valence-electron chi connectivity index (χ1n) is 8.17. The molecule has 0 bridgehead atoms. The van der Waals surface area contributed by atoms with Crippen LogP contribution in [-0.4, -0.2) is 45.2 Å². The topological polar surface area (TPSA) is 98.6 Å². The van der Waals surface area contributed by atoms with Crippen LogP contribution >= 0.6 is 22.6 Å². The Morgan fingerprint density at radius 3 is 2.46 bits per heavy atom. The molecule has 0 aliphatic carbocycles. The molecule has 0 radical (unpaired) electrons. The van der Waals surface area contributed by atoms with Crippen molar-refractivity contribution < 1.29 is 28.8 Å². The van der Waals surface area contributed by atoms with Crippen LogP contribution in [0, 0.1) is 3.57 Å². The van der Waals surface area contributed by atoms with Crippen LogP contribution < -0.4 is 24.4 Å². The molecule has 0 unspecified atom stereocenters. The molecular formula is C19H21IN2O6. The van der Waals surface area contributed by atoms with Crippen molar-refractivity contribution in [3.63, 3.8) is 0 Å². The SMILES string of the molecule is COc1ccc(CN/N=C\c2cc(I)c(OCC(=O)O)c(OC)c2)cc1OC. The molecule has 28 heavy (non-hydrogen) atoms. The van der Waals surface area contributed by atoms with Gasteiger partial charge in [-0.2, -0.15) is 5.10 Å². The highest BCUT2D eigenvalue weighted by Gasteiger charge is 2.12. The number of carboxylic acids is 1. The molecule has 2 aromatic rings. The molecule has 2 rings (SSSR count). The van der Waals surface area contributed by atoms with E-state index in [4.69, 9.17) is 24.1 Å². The number of nitrogens with zero attached hydrogens (tertiary/aromatic N) is 1. The Morgan fingerprint density at radius 1 is 1.11 bits per heavy atom. The Morgan fingerprint density at radius 2 is 1.82 bits per heavy atom. The van der Waals surface area contributed by atoms with Gasteiger partial charge in [0.2, 0.25) is 0 Å². The minimum absolute atomic E-state index is 0.390. The number of rotatable bonds is 10. The number of hydrazone groups is 1. The second kappa shape index (κ2) is 10.6. The predicted octanol–water partition coefficient (Wildman–Crippen LogP) is 2.90. The number of nitrogens with one attached hydrogen (secondary N) is 1. The predicted molar refractivity (Wildman–Crippen MR) is 113 cm³/mol. The monoisotopic (exact) mass is 500 g/mol. The fraction of sp³-hybridized carbons (Fsp3) is 0.263. The zero-order valence-electron chi connectivity index (χ0n) is 15.7. The van der Waals surface area contributed by atoms with E-state index in [9.17, 15) is 4.79 Å². The molecule has 0 fully saturated rings. The lowest BCUT2D eigenvalue weighted by Gasteiger charge is -2.12. The summed E-state index contributed by atoms with van der Waals surface area (Å²) in [6.45, 7) is 0.0670. The number of carboxylic acid groups (broad SMARTS) is 1. The summed E-state index contributed by atoms with van der Waals surface area (Å²) in [5.41, 5.74) is 4.74. The first-order chi connectivity index (χ1) is 13.5. The van der Waals surface area contributed by atoms with Gasteiger partial charge in [-0.1, -0.05) is 6.07 Å². The highest BCUT2D eigenvalue weighted by Crippen LogP contribution is 2.33. The van der Waals surface area contributed by atoms with Gasteiger partial charge in [-0.15, -0.1) is 0 Å². The molecule has 0 atom stereocenters. The normalized spacial score (nSPS) is 10.6.